The van der Waals surface area contributed by atoms with Crippen molar-refractivity contribution in [2.45, 2.75) is 162 Å². The van der Waals surface area contributed by atoms with E-state index in [-0.39, 0.29) is 0 Å². The first-order valence-electron chi connectivity index (χ1n) is 15.3. The van der Waals surface area contributed by atoms with Gasteiger partial charge in [0, 0.05) is 0 Å². The molecule has 0 unspecified atom stereocenters. The predicted molar refractivity (Wildman–Crippen MR) is 149 cm³/mol. The maximum Gasteiger partial charge on any atom is -0.0276 e. The molecule has 33 heavy (non-hydrogen) atoms. The van der Waals surface area contributed by atoms with Crippen molar-refractivity contribution in [3.8, 4) is 0 Å². The largest absolute Gasteiger partial charge is 0.0654 e. The zero-order valence-electron chi connectivity index (χ0n) is 22.9. The van der Waals surface area contributed by atoms with Gasteiger partial charge in [-0.05, 0) is 61.1 Å². The van der Waals surface area contributed by atoms with Gasteiger partial charge in [-0.25, -0.2) is 0 Å². The van der Waals surface area contributed by atoms with Crippen molar-refractivity contribution in [3.63, 3.8) is 0 Å². The van der Waals surface area contributed by atoms with Gasteiger partial charge < -0.3 is 0 Å². The molecule has 1 saturated carbocycles. The Labute approximate surface area is 208 Å². The zero-order chi connectivity index (χ0) is 23.6. The molecule has 0 aliphatic heterocycles. The fourth-order valence-corrected chi connectivity index (χ4v) is 6.04. The third-order valence-electron chi connectivity index (χ3n) is 8.48. The number of rotatable bonds is 19. The van der Waals surface area contributed by atoms with Gasteiger partial charge in [-0.15, -0.1) is 0 Å². The molecule has 2 rings (SSSR count). The van der Waals surface area contributed by atoms with Crippen LogP contribution in [0.15, 0.2) is 18.2 Å². The molecule has 1 aromatic carbocycles. The van der Waals surface area contributed by atoms with E-state index >= 15 is 0 Å². The average Bonchev–Trinajstić information content (AvgIpc) is 2.83. The van der Waals surface area contributed by atoms with Crippen LogP contribution in [0.4, 0.5) is 0 Å². The molecule has 1 fully saturated rings. The molecule has 1 aromatic rings. The van der Waals surface area contributed by atoms with Gasteiger partial charge in [0.15, 0.2) is 0 Å². The van der Waals surface area contributed by atoms with Crippen LogP contribution in [0.1, 0.15) is 159 Å². The molecule has 1 aliphatic carbocycles. The van der Waals surface area contributed by atoms with Crippen molar-refractivity contribution < 1.29 is 0 Å². The van der Waals surface area contributed by atoms with Crippen molar-refractivity contribution in [2.24, 2.45) is 11.8 Å². The highest BCUT2D eigenvalue weighted by Crippen LogP contribution is 2.34. The first-order valence-corrected chi connectivity index (χ1v) is 15.3. The molecular formula is C33H58. The van der Waals surface area contributed by atoms with Gasteiger partial charge in [-0.1, -0.05) is 148 Å². The lowest BCUT2D eigenvalue weighted by Gasteiger charge is -2.28. The van der Waals surface area contributed by atoms with E-state index < -0.39 is 0 Å². The van der Waals surface area contributed by atoms with E-state index in [4.69, 9.17) is 0 Å². The molecule has 0 atom stereocenters. The molecule has 1 aliphatic rings. The summed E-state index contributed by atoms with van der Waals surface area (Å²) in [5.74, 6) is 2.04. The van der Waals surface area contributed by atoms with Crippen LogP contribution >= 0.6 is 0 Å². The van der Waals surface area contributed by atoms with Crippen LogP contribution in [0.2, 0.25) is 0 Å². The van der Waals surface area contributed by atoms with E-state index in [2.05, 4.69) is 39.0 Å². The van der Waals surface area contributed by atoms with Crippen LogP contribution in [0.5, 0.6) is 0 Å². The lowest BCUT2D eigenvalue weighted by atomic mass is 9.77. The molecule has 0 saturated heterocycles. The van der Waals surface area contributed by atoms with Crippen molar-refractivity contribution in [1.82, 2.24) is 0 Å². The Balaban J connectivity index is 1.54. The van der Waals surface area contributed by atoms with Gasteiger partial charge in [0.05, 0.1) is 0 Å². The summed E-state index contributed by atoms with van der Waals surface area (Å²) in [5.41, 5.74) is 4.72. The molecule has 0 radical (unpaired) electrons. The molecule has 0 spiro atoms. The molecule has 0 heterocycles. The Kier molecular flexibility index (Phi) is 16.0. The van der Waals surface area contributed by atoms with Gasteiger partial charge in [0.2, 0.25) is 0 Å². The Morgan fingerprint density at radius 3 is 1.67 bits per heavy atom. The number of hydrogen-bond donors (Lipinski definition) is 0. The Morgan fingerprint density at radius 2 is 1.09 bits per heavy atom. The highest BCUT2D eigenvalue weighted by molar-refractivity contribution is 5.31. The summed E-state index contributed by atoms with van der Waals surface area (Å²) in [6.07, 6.45) is 31.6. The van der Waals surface area contributed by atoms with Crippen molar-refractivity contribution in [1.29, 1.82) is 0 Å². The molecular weight excluding hydrogens is 396 g/mol. The number of unbranched alkanes of at least 4 members (excludes halogenated alkanes) is 12. The third kappa shape index (κ3) is 13.0. The van der Waals surface area contributed by atoms with E-state index in [9.17, 15) is 0 Å². The molecule has 0 bridgehead atoms. The minimum Gasteiger partial charge on any atom is -0.0654 e. The monoisotopic (exact) mass is 454 g/mol. The van der Waals surface area contributed by atoms with Crippen molar-refractivity contribution >= 4 is 0 Å². The van der Waals surface area contributed by atoms with Gasteiger partial charge >= 0.3 is 0 Å². The number of aryl methyl sites for hydroxylation is 3. The fourth-order valence-electron chi connectivity index (χ4n) is 6.04. The Bertz CT molecular complexity index is 578. The topological polar surface area (TPSA) is 0 Å². The second-order valence-corrected chi connectivity index (χ2v) is 11.5. The average molecular weight is 455 g/mol. The Hall–Kier alpha value is -0.780. The van der Waals surface area contributed by atoms with Gasteiger partial charge in [0.1, 0.15) is 0 Å². The Morgan fingerprint density at radius 1 is 0.576 bits per heavy atom. The van der Waals surface area contributed by atoms with E-state index in [0.29, 0.717) is 0 Å². The summed E-state index contributed by atoms with van der Waals surface area (Å²) in [6, 6.07) is 7.39. The minimum atomic E-state index is 0.989. The number of benzene rings is 1. The molecule has 0 amide bonds. The molecule has 0 aromatic heterocycles. The lowest BCUT2D eigenvalue weighted by molar-refractivity contribution is 0.248. The minimum absolute atomic E-state index is 0.989. The summed E-state index contributed by atoms with van der Waals surface area (Å²) in [4.78, 5) is 0. The second-order valence-electron chi connectivity index (χ2n) is 11.5. The van der Waals surface area contributed by atoms with Crippen molar-refractivity contribution in [2.75, 3.05) is 0 Å². The van der Waals surface area contributed by atoms with Crippen LogP contribution in [0, 0.1) is 18.8 Å². The van der Waals surface area contributed by atoms with Crippen LogP contribution < -0.4 is 0 Å². The molecule has 0 heteroatoms. The highest BCUT2D eigenvalue weighted by atomic mass is 14.3. The first kappa shape index (κ1) is 28.5. The summed E-state index contributed by atoms with van der Waals surface area (Å²) in [7, 11) is 0. The molecule has 0 N–H and O–H groups in total. The molecule has 0 nitrogen and oxygen atoms in total. The third-order valence-corrected chi connectivity index (χ3v) is 8.48. The van der Waals surface area contributed by atoms with Crippen LogP contribution in [0.3, 0.4) is 0 Å². The second kappa shape index (κ2) is 18.5. The maximum absolute atomic E-state index is 2.50. The first-order chi connectivity index (χ1) is 16.2. The highest BCUT2D eigenvalue weighted by Gasteiger charge is 2.20. The van der Waals surface area contributed by atoms with Crippen LogP contribution in [-0.2, 0) is 12.8 Å². The quantitative estimate of drug-likeness (QED) is 0.182. The lowest BCUT2D eigenvalue weighted by Crippen LogP contribution is -2.15. The maximum atomic E-state index is 2.50. The van der Waals surface area contributed by atoms with E-state index in [0.717, 1.165) is 11.8 Å². The molecule has 190 valence electrons. The number of hydrogen-bond acceptors (Lipinski definition) is 0. The normalized spacial score (nSPS) is 18.6. The van der Waals surface area contributed by atoms with Gasteiger partial charge in [-0.3, -0.25) is 0 Å². The standard InChI is InChI=1S/C33H58/c1-4-6-8-10-12-14-16-18-30-20-22-31(23-21-30)24-25-32-26-27-33(29(3)28-32)19-17-15-13-11-9-7-5-2/h26-28,30-31H,4-25H2,1-3H3/t30-,31-. The summed E-state index contributed by atoms with van der Waals surface area (Å²) < 4.78 is 0. The van der Waals surface area contributed by atoms with Gasteiger partial charge in [-0.2, -0.15) is 0 Å². The zero-order valence-corrected chi connectivity index (χ0v) is 22.9. The van der Waals surface area contributed by atoms with E-state index in [1.807, 2.05) is 0 Å². The van der Waals surface area contributed by atoms with Crippen LogP contribution in [0.25, 0.3) is 0 Å². The summed E-state index contributed by atoms with van der Waals surface area (Å²) >= 11 is 0. The smallest absolute Gasteiger partial charge is 0.0276 e. The fraction of sp³-hybridized carbons (Fsp3) is 0.818. The van der Waals surface area contributed by atoms with E-state index in [1.54, 1.807) is 11.1 Å². The SMILES string of the molecule is CCCCCCCCCc1ccc(CC[C@H]2CC[C@H](CCCCCCCCC)CC2)cc1C. The summed E-state index contributed by atoms with van der Waals surface area (Å²) in [5, 5.41) is 0. The van der Waals surface area contributed by atoms with Gasteiger partial charge in [0.25, 0.3) is 0 Å². The summed E-state index contributed by atoms with van der Waals surface area (Å²) in [6.45, 7) is 6.95. The van der Waals surface area contributed by atoms with Crippen molar-refractivity contribution in [3.05, 3.63) is 34.9 Å². The predicted octanol–water partition coefficient (Wildman–Crippen LogP) is 11.2. The van der Waals surface area contributed by atoms with Crippen LogP contribution in [-0.4, -0.2) is 0 Å². The van der Waals surface area contributed by atoms with E-state index in [1.165, 1.54) is 147 Å².